The molecule has 0 N–H and O–H groups in total. The molecule has 0 aliphatic carbocycles. The molecule has 2 aromatic carbocycles. The van der Waals surface area contributed by atoms with Gasteiger partial charge in [0, 0.05) is 25.2 Å². The molecule has 2 aliphatic rings. The lowest BCUT2D eigenvalue weighted by atomic mass is 10.0. The largest absolute Gasteiger partial charge is 0.497 e. The van der Waals surface area contributed by atoms with Gasteiger partial charge in [-0.15, -0.1) is 0 Å². The maximum Gasteiger partial charge on any atom is 0.410 e. The summed E-state index contributed by atoms with van der Waals surface area (Å²) in [5, 5.41) is 0.377. The molecule has 198 valence electrons. The fourth-order valence-electron chi connectivity index (χ4n) is 4.49. The van der Waals surface area contributed by atoms with E-state index in [4.69, 9.17) is 35.3 Å². The van der Waals surface area contributed by atoms with Crippen molar-refractivity contribution in [1.29, 1.82) is 0 Å². The Morgan fingerprint density at radius 3 is 2.38 bits per heavy atom. The van der Waals surface area contributed by atoms with E-state index in [0.717, 1.165) is 5.75 Å². The number of nitrogens with zero attached hydrogens (tertiary/aromatic N) is 2. The van der Waals surface area contributed by atoms with Crippen molar-refractivity contribution >= 4 is 29.7 Å². The van der Waals surface area contributed by atoms with Crippen LogP contribution in [-0.4, -0.2) is 81.5 Å². The zero-order chi connectivity index (χ0) is 26.4. The molecule has 4 rings (SSSR count). The minimum Gasteiger partial charge on any atom is -0.497 e. The van der Waals surface area contributed by atoms with Crippen molar-refractivity contribution in [2.75, 3.05) is 47.6 Å². The van der Waals surface area contributed by atoms with Gasteiger partial charge in [-0.1, -0.05) is 11.6 Å². The molecule has 2 amide bonds. The van der Waals surface area contributed by atoms with E-state index in [1.54, 1.807) is 35.1 Å². The smallest absolute Gasteiger partial charge is 0.410 e. The van der Waals surface area contributed by atoms with Gasteiger partial charge in [0.15, 0.2) is 17.6 Å². The van der Waals surface area contributed by atoms with Gasteiger partial charge in [0.25, 0.3) is 0 Å². The third-order valence-electron chi connectivity index (χ3n) is 6.53. The molecular formula is C27H31ClN2O7. The van der Waals surface area contributed by atoms with Crippen LogP contribution in [0.2, 0.25) is 5.02 Å². The summed E-state index contributed by atoms with van der Waals surface area (Å²) in [4.78, 5) is 28.8. The van der Waals surface area contributed by atoms with Crippen molar-refractivity contribution in [2.45, 2.75) is 25.0 Å². The van der Waals surface area contributed by atoms with Crippen molar-refractivity contribution in [1.82, 2.24) is 9.80 Å². The van der Waals surface area contributed by atoms with Crippen LogP contribution in [0.15, 0.2) is 42.5 Å². The number of hydrogen-bond acceptors (Lipinski definition) is 7. The maximum atomic E-state index is 12.8. The quantitative estimate of drug-likeness (QED) is 0.447. The summed E-state index contributed by atoms with van der Waals surface area (Å²) in [6.07, 6.45) is 3.85. The van der Waals surface area contributed by atoms with Gasteiger partial charge in [-0.05, 0) is 60.9 Å². The van der Waals surface area contributed by atoms with E-state index >= 15 is 0 Å². The molecule has 0 bridgehead atoms. The minimum atomic E-state index is -0.344. The second-order valence-electron chi connectivity index (χ2n) is 8.74. The molecule has 9 nitrogen and oxygen atoms in total. The summed E-state index contributed by atoms with van der Waals surface area (Å²) >= 11 is 6.40. The summed E-state index contributed by atoms with van der Waals surface area (Å²) < 4.78 is 27.0. The van der Waals surface area contributed by atoms with Crippen LogP contribution in [0.1, 0.15) is 18.4 Å². The Hall–Kier alpha value is -3.59. The second-order valence-corrected chi connectivity index (χ2v) is 9.12. The molecular weight excluding hydrogens is 500 g/mol. The summed E-state index contributed by atoms with van der Waals surface area (Å²) in [5.41, 5.74) is 0.658. The van der Waals surface area contributed by atoms with E-state index in [2.05, 4.69) is 0 Å². The van der Waals surface area contributed by atoms with E-state index in [0.29, 0.717) is 60.3 Å². The van der Waals surface area contributed by atoms with Gasteiger partial charge in [-0.3, -0.25) is 4.79 Å². The zero-order valence-electron chi connectivity index (χ0n) is 21.1. The van der Waals surface area contributed by atoms with E-state index in [9.17, 15) is 9.59 Å². The zero-order valence-corrected chi connectivity index (χ0v) is 21.9. The Labute approximate surface area is 221 Å². The molecule has 2 aromatic rings. The van der Waals surface area contributed by atoms with Gasteiger partial charge in [-0.25, -0.2) is 4.79 Å². The van der Waals surface area contributed by atoms with Gasteiger partial charge in [-0.2, -0.15) is 0 Å². The fourth-order valence-corrected chi connectivity index (χ4v) is 4.78. The van der Waals surface area contributed by atoms with E-state index in [-0.39, 0.29) is 30.8 Å². The Kier molecular flexibility index (Phi) is 8.66. The van der Waals surface area contributed by atoms with Crippen LogP contribution in [0.4, 0.5) is 4.79 Å². The molecule has 10 heteroatoms. The monoisotopic (exact) mass is 530 g/mol. The lowest BCUT2D eigenvalue weighted by Gasteiger charge is -2.35. The molecule has 2 fully saturated rings. The van der Waals surface area contributed by atoms with Gasteiger partial charge < -0.3 is 33.5 Å². The number of rotatable bonds is 9. The molecule has 2 aliphatic heterocycles. The molecule has 1 atom stereocenters. The van der Waals surface area contributed by atoms with Gasteiger partial charge in [0.05, 0.1) is 32.9 Å². The average Bonchev–Trinajstić information content (AvgIpc) is 3.31. The number of carbonyl (C=O) groups excluding carboxylic acids is 2. The van der Waals surface area contributed by atoms with Gasteiger partial charge >= 0.3 is 6.09 Å². The molecule has 1 unspecified atom stereocenters. The predicted octanol–water partition coefficient (Wildman–Crippen LogP) is 4.27. The summed E-state index contributed by atoms with van der Waals surface area (Å²) in [6.45, 7) is 1.83. The number of methoxy groups -OCH3 is 3. The van der Waals surface area contributed by atoms with Crippen molar-refractivity contribution in [3.63, 3.8) is 0 Å². The number of piperidine rings is 1. The highest BCUT2D eigenvalue weighted by molar-refractivity contribution is 6.33. The van der Waals surface area contributed by atoms with Gasteiger partial charge in [0.2, 0.25) is 5.91 Å². The Morgan fingerprint density at radius 2 is 1.73 bits per heavy atom. The Bertz CT molecular complexity index is 1130. The highest BCUT2D eigenvalue weighted by Crippen LogP contribution is 2.37. The highest BCUT2D eigenvalue weighted by atomic mass is 35.5. The standard InChI is InChI=1S/C27H31ClN2O7/c1-33-20-6-8-21(9-7-20)36-17-22-16-30(27(32)37-22)19-12-14-29(15-13-19)24(31)11-5-18-4-10-23(34-2)26(35-3)25(18)28/h4-11,19,22H,12-17H2,1-3H3. The fraction of sp³-hybridized carbons (Fsp3) is 0.407. The number of hydrogen-bond donors (Lipinski definition) is 0. The SMILES string of the molecule is COc1ccc(OCC2CN(C3CCN(C(=O)C=Cc4ccc(OC)c(OC)c4Cl)CC3)C(=O)O2)cc1. The number of carbonyl (C=O) groups is 2. The van der Waals surface area contributed by atoms with Crippen molar-refractivity contribution < 1.29 is 33.3 Å². The Balaban J connectivity index is 1.26. The topological polar surface area (TPSA) is 86.8 Å². The van der Waals surface area contributed by atoms with Crippen LogP contribution in [0.25, 0.3) is 6.08 Å². The van der Waals surface area contributed by atoms with E-state index in [1.807, 2.05) is 24.3 Å². The number of likely N-dealkylation sites (tertiary alicyclic amines) is 1. The third-order valence-corrected chi connectivity index (χ3v) is 6.92. The number of benzene rings is 2. The molecule has 0 spiro atoms. The Morgan fingerprint density at radius 1 is 1.03 bits per heavy atom. The first-order chi connectivity index (χ1) is 17.9. The van der Waals surface area contributed by atoms with E-state index in [1.165, 1.54) is 20.3 Å². The first-order valence-corrected chi connectivity index (χ1v) is 12.4. The normalized spacial score (nSPS) is 18.2. The molecule has 2 heterocycles. The van der Waals surface area contributed by atoms with Crippen LogP contribution in [0, 0.1) is 0 Å². The lowest BCUT2D eigenvalue weighted by Crippen LogP contribution is -2.47. The molecule has 37 heavy (non-hydrogen) atoms. The van der Waals surface area contributed by atoms with Crippen LogP contribution >= 0.6 is 11.6 Å². The number of ether oxygens (including phenoxy) is 5. The summed E-state index contributed by atoms with van der Waals surface area (Å²) in [5.74, 6) is 2.26. The van der Waals surface area contributed by atoms with Gasteiger partial charge in [0.1, 0.15) is 18.1 Å². The summed E-state index contributed by atoms with van der Waals surface area (Å²) in [7, 11) is 4.66. The molecule has 2 saturated heterocycles. The van der Waals surface area contributed by atoms with Crippen molar-refractivity contribution in [2.24, 2.45) is 0 Å². The number of halogens is 1. The average molecular weight is 531 g/mol. The minimum absolute atomic E-state index is 0.0202. The van der Waals surface area contributed by atoms with Crippen LogP contribution in [-0.2, 0) is 9.53 Å². The van der Waals surface area contributed by atoms with E-state index < -0.39 is 0 Å². The first-order valence-electron chi connectivity index (χ1n) is 12.0. The highest BCUT2D eigenvalue weighted by Gasteiger charge is 2.38. The number of cyclic esters (lactones) is 1. The first kappa shape index (κ1) is 26.5. The molecule has 0 aromatic heterocycles. The maximum absolute atomic E-state index is 12.8. The third kappa shape index (κ3) is 6.22. The molecule has 0 radical (unpaired) electrons. The predicted molar refractivity (Wildman–Crippen MR) is 139 cm³/mol. The summed E-state index contributed by atoms with van der Waals surface area (Å²) in [6, 6.07) is 10.8. The molecule has 0 saturated carbocycles. The van der Waals surface area contributed by atoms with Crippen LogP contribution < -0.4 is 18.9 Å². The van der Waals surface area contributed by atoms with Crippen molar-refractivity contribution in [3.05, 3.63) is 53.1 Å². The van der Waals surface area contributed by atoms with Crippen LogP contribution in [0.5, 0.6) is 23.0 Å². The van der Waals surface area contributed by atoms with Crippen molar-refractivity contribution in [3.8, 4) is 23.0 Å². The lowest BCUT2D eigenvalue weighted by molar-refractivity contribution is -0.127. The number of amides is 2. The second kappa shape index (κ2) is 12.1. The van der Waals surface area contributed by atoms with Crippen LogP contribution in [0.3, 0.4) is 0 Å².